The van der Waals surface area contributed by atoms with E-state index in [1.807, 2.05) is 44.2 Å². The first-order chi connectivity index (χ1) is 17.9. The minimum Gasteiger partial charge on any atom is -0.493 e. The smallest absolute Gasteiger partial charge is 0.271 e. The van der Waals surface area contributed by atoms with Gasteiger partial charge in [-0.25, -0.2) is 5.43 Å². The highest BCUT2D eigenvalue weighted by molar-refractivity contribution is 6.32. The lowest BCUT2D eigenvalue weighted by atomic mass is 10.1. The molecule has 0 fully saturated rings. The van der Waals surface area contributed by atoms with E-state index in [0.717, 1.165) is 29.1 Å². The number of methoxy groups -OCH3 is 1. The molecule has 1 aromatic heterocycles. The van der Waals surface area contributed by atoms with E-state index in [-0.39, 0.29) is 12.0 Å². The van der Waals surface area contributed by atoms with Crippen molar-refractivity contribution >= 4 is 23.7 Å². The van der Waals surface area contributed by atoms with Crippen LogP contribution in [0.4, 0.5) is 0 Å². The van der Waals surface area contributed by atoms with Gasteiger partial charge in [0.25, 0.3) is 5.91 Å². The zero-order valence-corrected chi connectivity index (χ0v) is 22.1. The largest absolute Gasteiger partial charge is 0.493 e. The molecular weight excluding hydrogens is 486 g/mol. The van der Waals surface area contributed by atoms with Crippen LogP contribution in [0.1, 0.15) is 41.9 Å². The number of benzene rings is 3. The summed E-state index contributed by atoms with van der Waals surface area (Å²) in [5.41, 5.74) is 8.04. The van der Waals surface area contributed by atoms with Gasteiger partial charge in [0.1, 0.15) is 0 Å². The normalized spacial score (nSPS) is 11.9. The maximum absolute atomic E-state index is 12.7. The minimum atomic E-state index is -0.315. The summed E-state index contributed by atoms with van der Waals surface area (Å²) in [5, 5.41) is 4.51. The second-order valence-electron chi connectivity index (χ2n) is 8.68. The molecular formula is C30H30ClN3O3. The van der Waals surface area contributed by atoms with Gasteiger partial charge >= 0.3 is 0 Å². The quantitative estimate of drug-likeness (QED) is 0.192. The first kappa shape index (κ1) is 26.0. The number of nitrogens with one attached hydrogen (secondary N) is 1. The van der Waals surface area contributed by atoms with Crippen LogP contribution in [-0.2, 0) is 0 Å². The summed E-state index contributed by atoms with van der Waals surface area (Å²) >= 11 is 6.41. The summed E-state index contributed by atoms with van der Waals surface area (Å²) in [6.45, 7) is 6.06. The molecule has 1 amide bonds. The van der Waals surface area contributed by atoms with Gasteiger partial charge in [-0.05, 0) is 79.9 Å². The first-order valence-electron chi connectivity index (χ1n) is 12.1. The number of aryl methyl sites for hydroxylation is 1. The van der Waals surface area contributed by atoms with Crippen molar-refractivity contribution in [1.82, 2.24) is 9.99 Å². The Bertz CT molecular complexity index is 1400. The van der Waals surface area contributed by atoms with Gasteiger partial charge < -0.3 is 14.0 Å². The van der Waals surface area contributed by atoms with Gasteiger partial charge in [-0.1, -0.05) is 48.9 Å². The van der Waals surface area contributed by atoms with Gasteiger partial charge in [0.15, 0.2) is 11.5 Å². The summed E-state index contributed by atoms with van der Waals surface area (Å²) in [6, 6.07) is 25.3. The topological polar surface area (TPSA) is 64.8 Å². The molecule has 0 saturated heterocycles. The zero-order chi connectivity index (χ0) is 26.4. The summed E-state index contributed by atoms with van der Waals surface area (Å²) in [5.74, 6) is 0.685. The molecule has 4 rings (SSSR count). The molecule has 0 aliphatic carbocycles. The van der Waals surface area contributed by atoms with E-state index in [1.54, 1.807) is 31.4 Å². The van der Waals surface area contributed by atoms with Crippen LogP contribution in [0.25, 0.3) is 16.9 Å². The minimum absolute atomic E-state index is 0.00273. The van der Waals surface area contributed by atoms with E-state index in [4.69, 9.17) is 21.1 Å². The Kier molecular flexibility index (Phi) is 8.31. The zero-order valence-electron chi connectivity index (χ0n) is 21.4. The number of ether oxygens (including phenoxy) is 2. The van der Waals surface area contributed by atoms with Crippen LogP contribution < -0.4 is 14.9 Å². The summed E-state index contributed by atoms with van der Waals surface area (Å²) < 4.78 is 13.5. The highest BCUT2D eigenvalue weighted by Gasteiger charge is 2.14. The van der Waals surface area contributed by atoms with Crippen LogP contribution in [0, 0.1) is 6.92 Å². The van der Waals surface area contributed by atoms with Crippen molar-refractivity contribution in [2.45, 2.75) is 33.3 Å². The fraction of sp³-hybridized carbons (Fsp3) is 0.200. The second-order valence-corrected chi connectivity index (χ2v) is 9.09. The lowest BCUT2D eigenvalue weighted by molar-refractivity contribution is 0.0955. The fourth-order valence-corrected chi connectivity index (χ4v) is 4.18. The lowest BCUT2D eigenvalue weighted by Crippen LogP contribution is -2.17. The van der Waals surface area contributed by atoms with E-state index in [0.29, 0.717) is 27.6 Å². The van der Waals surface area contributed by atoms with E-state index in [1.165, 1.54) is 6.21 Å². The van der Waals surface area contributed by atoms with Gasteiger partial charge in [-0.2, -0.15) is 5.10 Å². The number of carbonyl (C=O) groups excluding carboxylic acids is 1. The Balaban J connectivity index is 1.47. The number of carbonyl (C=O) groups is 1. The third-order valence-corrected chi connectivity index (χ3v) is 6.34. The molecule has 0 bridgehead atoms. The number of aromatic nitrogens is 1. The number of rotatable bonds is 9. The Morgan fingerprint density at radius 1 is 1.08 bits per heavy atom. The molecule has 190 valence electrons. The van der Waals surface area contributed by atoms with Crippen LogP contribution >= 0.6 is 11.6 Å². The number of hydrazone groups is 1. The third kappa shape index (κ3) is 6.04. The van der Waals surface area contributed by atoms with E-state index >= 15 is 0 Å². The molecule has 1 N–H and O–H groups in total. The Hall–Kier alpha value is -4.03. The number of hydrogen-bond acceptors (Lipinski definition) is 4. The Morgan fingerprint density at radius 3 is 2.49 bits per heavy atom. The van der Waals surface area contributed by atoms with Crippen LogP contribution in [0.15, 0.2) is 84.0 Å². The van der Waals surface area contributed by atoms with Crippen LogP contribution in [-0.4, -0.2) is 29.9 Å². The van der Waals surface area contributed by atoms with E-state index in [9.17, 15) is 4.79 Å². The van der Waals surface area contributed by atoms with Crippen molar-refractivity contribution in [3.05, 3.63) is 101 Å². The average Bonchev–Trinajstić information content (AvgIpc) is 3.31. The molecule has 0 saturated carbocycles. The van der Waals surface area contributed by atoms with Crippen molar-refractivity contribution < 1.29 is 14.3 Å². The maximum atomic E-state index is 12.7. The van der Waals surface area contributed by atoms with E-state index < -0.39 is 0 Å². The molecule has 0 aliphatic rings. The van der Waals surface area contributed by atoms with Crippen molar-refractivity contribution in [3.63, 3.8) is 0 Å². The monoisotopic (exact) mass is 515 g/mol. The van der Waals surface area contributed by atoms with Gasteiger partial charge in [0.2, 0.25) is 0 Å². The fourth-order valence-electron chi connectivity index (χ4n) is 3.92. The molecule has 1 atom stereocenters. The summed E-state index contributed by atoms with van der Waals surface area (Å²) in [7, 11) is 1.56. The predicted molar refractivity (Wildman–Crippen MR) is 149 cm³/mol. The number of amides is 1. The molecule has 0 aliphatic heterocycles. The van der Waals surface area contributed by atoms with Crippen LogP contribution in [0.2, 0.25) is 5.02 Å². The molecule has 4 aromatic rings. The molecule has 1 heterocycles. The molecule has 37 heavy (non-hydrogen) atoms. The van der Waals surface area contributed by atoms with Crippen molar-refractivity contribution in [3.8, 4) is 28.4 Å². The second kappa shape index (κ2) is 11.8. The SMILES string of the molecule is CC[C@H](C)Oc1c(Cl)cc(/C=N/NC(=O)c2ccc(-n3c(C)ccc3-c3ccccc3)cc2)cc1OC. The summed E-state index contributed by atoms with van der Waals surface area (Å²) in [4.78, 5) is 12.7. The van der Waals surface area contributed by atoms with Gasteiger partial charge in [0.05, 0.1) is 30.1 Å². The highest BCUT2D eigenvalue weighted by atomic mass is 35.5. The third-order valence-electron chi connectivity index (χ3n) is 6.06. The van der Waals surface area contributed by atoms with Crippen molar-refractivity contribution in [2.24, 2.45) is 5.10 Å². The Labute approximate surface area is 222 Å². The maximum Gasteiger partial charge on any atom is 0.271 e. The van der Waals surface area contributed by atoms with E-state index in [2.05, 4.69) is 46.3 Å². The standard InChI is InChI=1S/C30H30ClN3O3/c1-5-21(3)37-29-26(31)17-22(18-28(29)36-4)19-32-33-30(35)24-12-14-25(15-13-24)34-20(2)11-16-27(34)23-9-7-6-8-10-23/h6-19,21H,5H2,1-4H3,(H,33,35)/b32-19+/t21-/m0/s1. The van der Waals surface area contributed by atoms with Gasteiger partial charge in [-0.3, -0.25) is 4.79 Å². The van der Waals surface area contributed by atoms with Crippen LogP contribution in [0.3, 0.4) is 0 Å². The molecule has 6 nitrogen and oxygen atoms in total. The lowest BCUT2D eigenvalue weighted by Gasteiger charge is -2.17. The molecule has 0 spiro atoms. The number of halogens is 1. The number of hydrogen-bond donors (Lipinski definition) is 1. The van der Waals surface area contributed by atoms with Gasteiger partial charge in [0, 0.05) is 16.9 Å². The molecule has 3 aromatic carbocycles. The number of nitrogens with zero attached hydrogens (tertiary/aromatic N) is 2. The predicted octanol–water partition coefficient (Wildman–Crippen LogP) is 7.06. The molecule has 0 radical (unpaired) electrons. The van der Waals surface area contributed by atoms with Crippen molar-refractivity contribution in [2.75, 3.05) is 7.11 Å². The molecule has 7 heteroatoms. The van der Waals surface area contributed by atoms with Gasteiger partial charge in [-0.15, -0.1) is 0 Å². The van der Waals surface area contributed by atoms with Crippen molar-refractivity contribution in [1.29, 1.82) is 0 Å². The highest BCUT2D eigenvalue weighted by Crippen LogP contribution is 2.37. The van der Waals surface area contributed by atoms with Crippen LogP contribution in [0.5, 0.6) is 11.5 Å². The molecule has 0 unspecified atom stereocenters. The Morgan fingerprint density at radius 2 is 1.81 bits per heavy atom. The average molecular weight is 516 g/mol. The first-order valence-corrected chi connectivity index (χ1v) is 12.5. The summed E-state index contributed by atoms with van der Waals surface area (Å²) in [6.07, 6.45) is 2.36.